The number of hydrogen-bond acceptors (Lipinski definition) is 4. The maximum absolute atomic E-state index is 12.2. The average molecular weight is 284 g/mol. The van der Waals surface area contributed by atoms with Gasteiger partial charge in [-0.2, -0.15) is 0 Å². The predicted octanol–water partition coefficient (Wildman–Crippen LogP) is 3.24. The van der Waals surface area contributed by atoms with E-state index in [9.17, 15) is 4.79 Å². The molecule has 0 fully saturated rings. The molecule has 0 saturated heterocycles. The quantitative estimate of drug-likeness (QED) is 0.791. The molecule has 2 aromatic carbocycles. The summed E-state index contributed by atoms with van der Waals surface area (Å²) in [5, 5.41) is 0. The van der Waals surface area contributed by atoms with Crippen LogP contribution in [0, 0.1) is 0 Å². The fraction of sp³-hybridized carbons (Fsp3) is 0.235. The Bertz CT molecular complexity index is 664. The van der Waals surface area contributed by atoms with Crippen LogP contribution in [0.5, 0.6) is 17.2 Å². The molecule has 0 bridgehead atoms. The smallest absolute Gasteiger partial charge is 0.231 e. The van der Waals surface area contributed by atoms with E-state index < -0.39 is 0 Å². The fourth-order valence-corrected chi connectivity index (χ4v) is 2.30. The molecular formula is C17H16O4. The lowest BCUT2D eigenvalue weighted by atomic mass is 10.0. The van der Waals surface area contributed by atoms with Crippen LogP contribution in [0.25, 0.3) is 0 Å². The van der Waals surface area contributed by atoms with Crippen LogP contribution in [0.1, 0.15) is 22.3 Å². The molecule has 0 unspecified atom stereocenters. The number of aryl methyl sites for hydroxylation is 1. The van der Waals surface area contributed by atoms with Gasteiger partial charge in [0.05, 0.1) is 7.11 Å². The number of ketones is 1. The first-order valence-electron chi connectivity index (χ1n) is 6.82. The molecule has 108 valence electrons. The van der Waals surface area contributed by atoms with E-state index in [1.807, 2.05) is 24.3 Å². The van der Waals surface area contributed by atoms with Crippen molar-refractivity contribution < 1.29 is 19.0 Å². The first-order chi connectivity index (χ1) is 10.3. The zero-order chi connectivity index (χ0) is 14.7. The molecule has 0 spiro atoms. The molecule has 1 heterocycles. The molecule has 3 rings (SSSR count). The Hall–Kier alpha value is -2.49. The van der Waals surface area contributed by atoms with Gasteiger partial charge in [0.15, 0.2) is 17.3 Å². The maximum Gasteiger partial charge on any atom is 0.231 e. The lowest BCUT2D eigenvalue weighted by molar-refractivity contribution is 0.0982. The highest BCUT2D eigenvalue weighted by Gasteiger charge is 2.16. The van der Waals surface area contributed by atoms with Gasteiger partial charge >= 0.3 is 0 Å². The number of carbonyl (C=O) groups excluding carboxylic acids is 1. The lowest BCUT2D eigenvalue weighted by Crippen LogP contribution is -2.01. The monoisotopic (exact) mass is 284 g/mol. The van der Waals surface area contributed by atoms with Crippen molar-refractivity contribution in [1.82, 2.24) is 0 Å². The third kappa shape index (κ3) is 2.99. The number of Topliss-reactive ketones (excluding diaryl/α,β-unsaturated/α-hetero) is 1. The number of fused-ring (bicyclic) bond motifs is 1. The Morgan fingerprint density at radius 1 is 1.14 bits per heavy atom. The van der Waals surface area contributed by atoms with Crippen molar-refractivity contribution in [3.63, 3.8) is 0 Å². The molecule has 0 aliphatic carbocycles. The summed E-state index contributed by atoms with van der Waals surface area (Å²) >= 11 is 0. The molecule has 0 atom stereocenters. The number of ether oxygens (including phenoxy) is 3. The second-order valence-corrected chi connectivity index (χ2v) is 4.84. The predicted molar refractivity (Wildman–Crippen MR) is 78.2 cm³/mol. The normalized spacial score (nSPS) is 12.2. The van der Waals surface area contributed by atoms with Gasteiger partial charge in [-0.25, -0.2) is 0 Å². The zero-order valence-electron chi connectivity index (χ0n) is 11.8. The van der Waals surface area contributed by atoms with E-state index in [1.54, 1.807) is 25.3 Å². The van der Waals surface area contributed by atoms with Gasteiger partial charge in [0, 0.05) is 12.0 Å². The first-order valence-corrected chi connectivity index (χ1v) is 6.82. The number of carbonyl (C=O) groups is 1. The average Bonchev–Trinajstić information content (AvgIpc) is 3.00. The topological polar surface area (TPSA) is 44.8 Å². The van der Waals surface area contributed by atoms with E-state index in [1.165, 1.54) is 0 Å². The number of methoxy groups -OCH3 is 1. The second-order valence-electron chi connectivity index (χ2n) is 4.84. The van der Waals surface area contributed by atoms with Crippen LogP contribution in [0.2, 0.25) is 0 Å². The highest BCUT2D eigenvalue weighted by molar-refractivity contribution is 5.96. The lowest BCUT2D eigenvalue weighted by Gasteiger charge is -2.05. The van der Waals surface area contributed by atoms with Gasteiger partial charge in [-0.15, -0.1) is 0 Å². The van der Waals surface area contributed by atoms with E-state index in [0.717, 1.165) is 11.3 Å². The van der Waals surface area contributed by atoms with Gasteiger partial charge in [0.2, 0.25) is 6.79 Å². The molecule has 2 aromatic rings. The Labute approximate surface area is 123 Å². The minimum absolute atomic E-state index is 0.0936. The van der Waals surface area contributed by atoms with E-state index in [-0.39, 0.29) is 12.6 Å². The second kappa shape index (κ2) is 5.87. The van der Waals surface area contributed by atoms with Crippen LogP contribution in [0.15, 0.2) is 42.5 Å². The SMILES string of the molecule is COc1cccc(CCC(=O)c2ccc3c(c2)OCO3)c1. The van der Waals surface area contributed by atoms with Crippen molar-refractivity contribution in [2.45, 2.75) is 12.8 Å². The number of benzene rings is 2. The summed E-state index contributed by atoms with van der Waals surface area (Å²) in [6, 6.07) is 13.1. The van der Waals surface area contributed by atoms with Crippen LogP contribution >= 0.6 is 0 Å². The van der Waals surface area contributed by atoms with Gasteiger partial charge in [0.25, 0.3) is 0 Å². The van der Waals surface area contributed by atoms with Crippen molar-refractivity contribution >= 4 is 5.78 Å². The van der Waals surface area contributed by atoms with E-state index in [2.05, 4.69) is 0 Å². The molecular weight excluding hydrogens is 268 g/mol. The zero-order valence-corrected chi connectivity index (χ0v) is 11.8. The summed E-state index contributed by atoms with van der Waals surface area (Å²) in [7, 11) is 1.64. The number of hydrogen-bond donors (Lipinski definition) is 0. The molecule has 21 heavy (non-hydrogen) atoms. The summed E-state index contributed by atoms with van der Waals surface area (Å²) in [4.78, 5) is 12.2. The molecule has 1 aliphatic heterocycles. The summed E-state index contributed by atoms with van der Waals surface area (Å²) in [6.45, 7) is 0.219. The summed E-state index contributed by atoms with van der Waals surface area (Å²) in [6.07, 6.45) is 1.14. The van der Waals surface area contributed by atoms with Gasteiger partial charge in [0.1, 0.15) is 5.75 Å². The van der Waals surface area contributed by atoms with Crippen LogP contribution in [-0.2, 0) is 6.42 Å². The highest BCUT2D eigenvalue weighted by atomic mass is 16.7. The molecule has 0 saturated carbocycles. The fourth-order valence-electron chi connectivity index (χ4n) is 2.30. The van der Waals surface area contributed by atoms with Crippen molar-refractivity contribution in [3.8, 4) is 17.2 Å². The third-order valence-electron chi connectivity index (χ3n) is 3.47. The summed E-state index contributed by atoms with van der Waals surface area (Å²) < 4.78 is 15.7. The van der Waals surface area contributed by atoms with Crippen molar-refractivity contribution in [3.05, 3.63) is 53.6 Å². The number of rotatable bonds is 5. The summed E-state index contributed by atoms with van der Waals surface area (Å²) in [5.74, 6) is 2.24. The van der Waals surface area contributed by atoms with E-state index in [0.29, 0.717) is 29.9 Å². The molecule has 1 aliphatic rings. The van der Waals surface area contributed by atoms with Crippen molar-refractivity contribution in [1.29, 1.82) is 0 Å². The molecule has 0 amide bonds. The largest absolute Gasteiger partial charge is 0.497 e. The van der Waals surface area contributed by atoms with Crippen LogP contribution in [-0.4, -0.2) is 19.7 Å². The van der Waals surface area contributed by atoms with Crippen molar-refractivity contribution in [2.75, 3.05) is 13.9 Å². The van der Waals surface area contributed by atoms with Crippen LogP contribution in [0.3, 0.4) is 0 Å². The van der Waals surface area contributed by atoms with Gasteiger partial charge in [-0.1, -0.05) is 12.1 Å². The summed E-state index contributed by atoms with van der Waals surface area (Å²) in [5.41, 5.74) is 1.74. The van der Waals surface area contributed by atoms with Gasteiger partial charge < -0.3 is 14.2 Å². The van der Waals surface area contributed by atoms with Crippen LogP contribution in [0.4, 0.5) is 0 Å². The minimum atomic E-state index is 0.0936. The Balaban J connectivity index is 1.66. The van der Waals surface area contributed by atoms with Crippen molar-refractivity contribution in [2.24, 2.45) is 0 Å². The first kappa shape index (κ1) is 13.5. The van der Waals surface area contributed by atoms with E-state index >= 15 is 0 Å². The van der Waals surface area contributed by atoms with Crippen LogP contribution < -0.4 is 14.2 Å². The standard InChI is InChI=1S/C17H16O4/c1-19-14-4-2-3-12(9-14)5-7-15(18)13-6-8-16-17(10-13)21-11-20-16/h2-4,6,8-10H,5,7,11H2,1H3. The molecule has 0 aromatic heterocycles. The van der Waals surface area contributed by atoms with Gasteiger partial charge in [-0.3, -0.25) is 4.79 Å². The Morgan fingerprint density at radius 3 is 2.86 bits per heavy atom. The minimum Gasteiger partial charge on any atom is -0.497 e. The third-order valence-corrected chi connectivity index (χ3v) is 3.47. The Morgan fingerprint density at radius 2 is 2.00 bits per heavy atom. The molecule has 4 heteroatoms. The Kier molecular flexibility index (Phi) is 3.77. The van der Waals surface area contributed by atoms with Gasteiger partial charge in [-0.05, 0) is 42.3 Å². The van der Waals surface area contributed by atoms with E-state index in [4.69, 9.17) is 14.2 Å². The maximum atomic E-state index is 12.2. The molecule has 0 N–H and O–H groups in total. The molecule has 0 radical (unpaired) electrons. The molecule has 4 nitrogen and oxygen atoms in total. The highest BCUT2D eigenvalue weighted by Crippen LogP contribution is 2.32.